The Morgan fingerprint density at radius 1 is 1.21 bits per heavy atom. The van der Waals surface area contributed by atoms with Crippen LogP contribution < -0.4 is 15.5 Å². The number of nitrogens with zero attached hydrogens (tertiary/aromatic N) is 5. The van der Waals surface area contributed by atoms with Crippen LogP contribution in [0, 0.1) is 0 Å². The Morgan fingerprint density at radius 2 is 2.04 bits per heavy atom. The number of nitrogens with one attached hydrogen (secondary N) is 2. The lowest BCUT2D eigenvalue weighted by molar-refractivity contribution is -0.119. The van der Waals surface area contributed by atoms with Gasteiger partial charge in [-0.15, -0.1) is 10.2 Å². The van der Waals surface area contributed by atoms with E-state index in [9.17, 15) is 4.79 Å². The molecule has 1 aromatic heterocycles. The Hall–Kier alpha value is -2.90. The maximum atomic E-state index is 12.0. The van der Waals surface area contributed by atoms with Gasteiger partial charge in [0.25, 0.3) is 0 Å². The smallest absolute Gasteiger partial charge is 0.226 e. The topological polar surface area (TPSA) is 87.4 Å². The fourth-order valence-corrected chi connectivity index (χ4v) is 3.31. The largest absolute Gasteiger partial charge is 0.355 e. The van der Waals surface area contributed by atoms with E-state index in [1.54, 1.807) is 13.4 Å². The van der Waals surface area contributed by atoms with Crippen LogP contribution in [0.5, 0.6) is 0 Å². The summed E-state index contributed by atoms with van der Waals surface area (Å²) in [6.07, 6.45) is 5.35. The molecule has 2 N–H and O–H groups in total. The van der Waals surface area contributed by atoms with E-state index in [0.29, 0.717) is 13.0 Å². The molecule has 2 aromatic rings. The van der Waals surface area contributed by atoms with Gasteiger partial charge in [-0.1, -0.05) is 19.1 Å². The van der Waals surface area contributed by atoms with Crippen molar-refractivity contribution in [2.24, 2.45) is 4.99 Å². The Labute approximate surface area is 166 Å². The number of aromatic nitrogens is 3. The van der Waals surface area contributed by atoms with Crippen LogP contribution in [0.4, 0.5) is 5.69 Å². The van der Waals surface area contributed by atoms with Crippen molar-refractivity contribution in [3.8, 4) is 0 Å². The molecule has 0 atom stereocenters. The minimum atomic E-state index is 0.223. The molecule has 1 saturated heterocycles. The molecule has 0 spiro atoms. The van der Waals surface area contributed by atoms with E-state index in [1.807, 2.05) is 21.6 Å². The molecule has 1 aliphatic heterocycles. The number of benzene rings is 1. The number of carbonyl (C=O) groups excluding carboxylic acids is 1. The summed E-state index contributed by atoms with van der Waals surface area (Å²) in [4.78, 5) is 18.2. The first kappa shape index (κ1) is 19.9. The number of aryl methyl sites for hydroxylation is 1. The minimum Gasteiger partial charge on any atom is -0.355 e. The standard InChI is InChI=1S/C20H29N7O/c1-3-18-25-24-15-26(18)13-11-22-20(21-2)23-14-16-7-9-17(10-8-16)27-12-5-4-6-19(27)28/h7-10,15H,3-6,11-14H2,1-2H3,(H2,21,22,23). The van der Waals surface area contributed by atoms with Crippen LogP contribution >= 0.6 is 0 Å². The summed E-state index contributed by atoms with van der Waals surface area (Å²) in [5.74, 6) is 1.96. The number of guanidine groups is 1. The van der Waals surface area contributed by atoms with Crippen molar-refractivity contribution in [3.63, 3.8) is 0 Å². The highest BCUT2D eigenvalue weighted by Gasteiger charge is 2.19. The second kappa shape index (κ2) is 9.87. The quantitative estimate of drug-likeness (QED) is 0.562. The third-order valence-electron chi connectivity index (χ3n) is 4.91. The summed E-state index contributed by atoms with van der Waals surface area (Å²) in [6.45, 7) is 5.08. The molecule has 8 nitrogen and oxygen atoms in total. The molecule has 1 aliphatic rings. The zero-order valence-electron chi connectivity index (χ0n) is 16.7. The van der Waals surface area contributed by atoms with Gasteiger partial charge in [0, 0.05) is 51.8 Å². The minimum absolute atomic E-state index is 0.223. The fraction of sp³-hybridized carbons (Fsp3) is 0.500. The summed E-state index contributed by atoms with van der Waals surface area (Å²) in [7, 11) is 1.76. The number of hydrogen-bond donors (Lipinski definition) is 2. The molecular weight excluding hydrogens is 354 g/mol. The van der Waals surface area contributed by atoms with Gasteiger partial charge in [0.15, 0.2) is 5.96 Å². The van der Waals surface area contributed by atoms with Gasteiger partial charge in [0.05, 0.1) is 0 Å². The molecule has 0 aliphatic carbocycles. The van der Waals surface area contributed by atoms with Crippen LogP contribution in [0.25, 0.3) is 0 Å². The van der Waals surface area contributed by atoms with Crippen LogP contribution in [0.15, 0.2) is 35.6 Å². The normalized spacial score (nSPS) is 15.0. The lowest BCUT2D eigenvalue weighted by Gasteiger charge is -2.26. The zero-order chi connectivity index (χ0) is 19.8. The second-order valence-electron chi connectivity index (χ2n) is 6.82. The lowest BCUT2D eigenvalue weighted by atomic mass is 10.1. The van der Waals surface area contributed by atoms with Crippen LogP contribution in [0.1, 0.15) is 37.6 Å². The fourth-order valence-electron chi connectivity index (χ4n) is 3.31. The van der Waals surface area contributed by atoms with Crippen LogP contribution in [-0.4, -0.2) is 46.8 Å². The van der Waals surface area contributed by atoms with Gasteiger partial charge in [-0.25, -0.2) is 0 Å². The van der Waals surface area contributed by atoms with Crippen LogP contribution in [0.2, 0.25) is 0 Å². The zero-order valence-corrected chi connectivity index (χ0v) is 16.7. The van der Waals surface area contributed by atoms with E-state index in [0.717, 1.165) is 61.9 Å². The van der Waals surface area contributed by atoms with E-state index in [-0.39, 0.29) is 5.91 Å². The number of hydrogen-bond acceptors (Lipinski definition) is 4. The van der Waals surface area contributed by atoms with E-state index in [1.165, 1.54) is 0 Å². The second-order valence-corrected chi connectivity index (χ2v) is 6.82. The van der Waals surface area contributed by atoms with E-state index in [2.05, 4.69) is 44.9 Å². The molecule has 1 amide bonds. The van der Waals surface area contributed by atoms with Crippen molar-refractivity contribution in [1.29, 1.82) is 0 Å². The molecule has 0 radical (unpaired) electrons. The number of amides is 1. The first-order valence-electron chi connectivity index (χ1n) is 9.91. The molecule has 28 heavy (non-hydrogen) atoms. The van der Waals surface area contributed by atoms with Gasteiger partial charge in [0.1, 0.15) is 12.2 Å². The Morgan fingerprint density at radius 3 is 2.75 bits per heavy atom. The third kappa shape index (κ3) is 5.09. The lowest BCUT2D eigenvalue weighted by Crippen LogP contribution is -2.38. The van der Waals surface area contributed by atoms with Crippen LogP contribution in [0.3, 0.4) is 0 Å². The van der Waals surface area contributed by atoms with Crippen molar-refractivity contribution in [2.45, 2.75) is 45.7 Å². The van der Waals surface area contributed by atoms with Crippen molar-refractivity contribution in [2.75, 3.05) is 25.0 Å². The number of rotatable bonds is 7. The highest BCUT2D eigenvalue weighted by Crippen LogP contribution is 2.21. The van der Waals surface area contributed by atoms with Gasteiger partial charge in [0.2, 0.25) is 5.91 Å². The monoisotopic (exact) mass is 383 g/mol. The summed E-state index contributed by atoms with van der Waals surface area (Å²) < 4.78 is 2.04. The summed E-state index contributed by atoms with van der Waals surface area (Å²) in [5.41, 5.74) is 2.12. The van der Waals surface area contributed by atoms with Gasteiger partial charge in [-0.3, -0.25) is 9.79 Å². The number of aliphatic imine (C=N–C) groups is 1. The molecule has 0 unspecified atom stereocenters. The van der Waals surface area contributed by atoms with Gasteiger partial charge in [-0.05, 0) is 30.5 Å². The first-order valence-corrected chi connectivity index (χ1v) is 9.91. The summed E-state index contributed by atoms with van der Waals surface area (Å²) in [6, 6.07) is 8.16. The van der Waals surface area contributed by atoms with Crippen molar-refractivity contribution in [3.05, 3.63) is 42.0 Å². The SMILES string of the molecule is CCc1nncn1CCNC(=NC)NCc1ccc(N2CCCCC2=O)cc1. The van der Waals surface area contributed by atoms with E-state index in [4.69, 9.17) is 0 Å². The van der Waals surface area contributed by atoms with E-state index >= 15 is 0 Å². The molecule has 1 aromatic carbocycles. The Balaban J connectivity index is 1.46. The molecule has 8 heteroatoms. The molecule has 0 bridgehead atoms. The first-order chi connectivity index (χ1) is 13.7. The maximum absolute atomic E-state index is 12.0. The average Bonchev–Trinajstić information content (AvgIpc) is 3.19. The molecule has 0 saturated carbocycles. The number of carbonyl (C=O) groups is 1. The average molecular weight is 384 g/mol. The van der Waals surface area contributed by atoms with Crippen LogP contribution in [-0.2, 0) is 24.3 Å². The van der Waals surface area contributed by atoms with Crippen molar-refractivity contribution < 1.29 is 4.79 Å². The number of anilines is 1. The van der Waals surface area contributed by atoms with Gasteiger partial charge in [-0.2, -0.15) is 0 Å². The highest BCUT2D eigenvalue weighted by molar-refractivity contribution is 5.93. The molecule has 3 rings (SSSR count). The molecule has 1 fully saturated rings. The highest BCUT2D eigenvalue weighted by atomic mass is 16.2. The number of piperidine rings is 1. The predicted molar refractivity (Wildman–Crippen MR) is 110 cm³/mol. The van der Waals surface area contributed by atoms with Crippen molar-refractivity contribution in [1.82, 2.24) is 25.4 Å². The third-order valence-corrected chi connectivity index (χ3v) is 4.91. The Bertz CT molecular complexity index is 797. The molecular formula is C20H29N7O. The predicted octanol–water partition coefficient (Wildman–Crippen LogP) is 1.72. The summed E-state index contributed by atoms with van der Waals surface area (Å²) in [5, 5.41) is 14.7. The maximum Gasteiger partial charge on any atom is 0.226 e. The van der Waals surface area contributed by atoms with E-state index < -0.39 is 0 Å². The summed E-state index contributed by atoms with van der Waals surface area (Å²) >= 11 is 0. The molecule has 2 heterocycles. The molecule has 150 valence electrons. The van der Waals surface area contributed by atoms with Gasteiger partial charge >= 0.3 is 0 Å². The van der Waals surface area contributed by atoms with Gasteiger partial charge < -0.3 is 20.1 Å². The van der Waals surface area contributed by atoms with Crippen molar-refractivity contribution >= 4 is 17.6 Å². The Kier molecular flexibility index (Phi) is 7.00.